The van der Waals surface area contributed by atoms with E-state index < -0.39 is 0 Å². The second kappa shape index (κ2) is 8.81. The van der Waals surface area contributed by atoms with Crippen LogP contribution in [0.5, 0.6) is 5.75 Å². The Morgan fingerprint density at radius 1 is 1.06 bits per heavy atom. The number of nitrogens with zero attached hydrogens (tertiary/aromatic N) is 3. The number of methoxy groups -OCH3 is 1. The van der Waals surface area contributed by atoms with Crippen LogP contribution in [0.1, 0.15) is 21.6 Å². The number of halogens is 1. The molecule has 0 N–H and O–H groups in total. The maximum atomic E-state index is 14.0. The van der Waals surface area contributed by atoms with E-state index in [-0.39, 0.29) is 12.5 Å². The Bertz CT molecular complexity index is 1480. The van der Waals surface area contributed by atoms with Crippen molar-refractivity contribution in [1.82, 2.24) is 9.97 Å². The number of hydrogen-bond donors (Lipinski definition) is 0. The number of rotatable bonds is 5. The molecular formula is C26H20ClN3O2S. The van der Waals surface area contributed by atoms with Crippen molar-refractivity contribution in [2.45, 2.75) is 13.5 Å². The molecular weight excluding hydrogens is 454 g/mol. The molecule has 33 heavy (non-hydrogen) atoms. The van der Waals surface area contributed by atoms with Gasteiger partial charge in [-0.05, 0) is 59.7 Å². The molecule has 0 aliphatic rings. The molecule has 7 heteroatoms. The van der Waals surface area contributed by atoms with Crippen molar-refractivity contribution < 1.29 is 9.53 Å². The Morgan fingerprint density at radius 3 is 2.55 bits per heavy atom. The summed E-state index contributed by atoms with van der Waals surface area (Å²) in [6.45, 7) is 2.25. The van der Waals surface area contributed by atoms with Crippen LogP contribution in [0.25, 0.3) is 21.0 Å². The number of hydrogen-bond acceptors (Lipinski definition) is 5. The van der Waals surface area contributed by atoms with Gasteiger partial charge in [0, 0.05) is 11.2 Å². The fraction of sp³-hybridized carbons (Fsp3) is 0.115. The summed E-state index contributed by atoms with van der Waals surface area (Å²) in [6.07, 6.45) is 1.72. The normalized spacial score (nSPS) is 11.1. The number of fused-ring (bicyclic) bond motifs is 2. The number of carbonyl (C=O) groups is 1. The highest BCUT2D eigenvalue weighted by molar-refractivity contribution is 7.22. The van der Waals surface area contributed by atoms with E-state index in [1.807, 2.05) is 73.7 Å². The maximum Gasteiger partial charge on any atom is 0.264 e. The zero-order valence-electron chi connectivity index (χ0n) is 18.1. The first-order chi connectivity index (χ1) is 16.0. The smallest absolute Gasteiger partial charge is 0.264 e. The predicted molar refractivity (Wildman–Crippen MR) is 135 cm³/mol. The summed E-state index contributed by atoms with van der Waals surface area (Å²) in [5.74, 6) is 0.316. The number of anilines is 1. The predicted octanol–water partition coefficient (Wildman–Crippen LogP) is 6.66. The summed E-state index contributed by atoms with van der Waals surface area (Å²) in [5.41, 5.74) is 3.04. The van der Waals surface area contributed by atoms with Crippen molar-refractivity contribution in [3.05, 3.63) is 94.8 Å². The van der Waals surface area contributed by atoms with Gasteiger partial charge in [-0.2, -0.15) is 0 Å². The minimum atomic E-state index is -0.203. The molecule has 5 nitrogen and oxygen atoms in total. The Balaban J connectivity index is 1.65. The number of thiazole rings is 1. The first-order valence-electron chi connectivity index (χ1n) is 10.4. The van der Waals surface area contributed by atoms with E-state index in [2.05, 4.69) is 4.98 Å². The molecule has 3 aromatic carbocycles. The number of carbonyl (C=O) groups excluding carboxylic acids is 1. The summed E-state index contributed by atoms with van der Waals surface area (Å²) < 4.78 is 6.54. The molecule has 2 aromatic heterocycles. The zero-order valence-corrected chi connectivity index (χ0v) is 19.7. The standard InChI is InChI=1S/C26H20ClN3O2S/c1-16-11-19(27)14-23-24(16)29-26(33-23)30(15-20-9-5-6-10-28-20)25(31)21-12-17-7-3-4-8-18(17)13-22(21)32-2/h3-14H,15H2,1-2H3. The molecule has 0 bridgehead atoms. The second-order valence-corrected chi connectivity index (χ2v) is 9.12. The zero-order chi connectivity index (χ0) is 22.9. The molecule has 0 radical (unpaired) electrons. The average molecular weight is 474 g/mol. The van der Waals surface area contributed by atoms with E-state index in [0.29, 0.717) is 21.5 Å². The maximum absolute atomic E-state index is 14.0. The van der Waals surface area contributed by atoms with Crippen LogP contribution in [0.2, 0.25) is 5.02 Å². The summed E-state index contributed by atoms with van der Waals surface area (Å²) in [6, 6.07) is 21.1. The van der Waals surface area contributed by atoms with Gasteiger partial charge in [-0.15, -0.1) is 0 Å². The Hall–Kier alpha value is -3.48. The van der Waals surface area contributed by atoms with E-state index in [1.165, 1.54) is 11.3 Å². The molecule has 1 amide bonds. The van der Waals surface area contributed by atoms with Gasteiger partial charge >= 0.3 is 0 Å². The van der Waals surface area contributed by atoms with Gasteiger partial charge in [0.15, 0.2) is 5.13 Å². The monoisotopic (exact) mass is 473 g/mol. The largest absolute Gasteiger partial charge is 0.496 e. The Kier molecular flexibility index (Phi) is 5.70. The quantitative estimate of drug-likeness (QED) is 0.286. The van der Waals surface area contributed by atoms with Gasteiger partial charge < -0.3 is 4.74 Å². The molecule has 0 saturated heterocycles. The lowest BCUT2D eigenvalue weighted by Crippen LogP contribution is -2.31. The SMILES string of the molecule is COc1cc2ccccc2cc1C(=O)N(Cc1ccccn1)c1nc2c(C)cc(Cl)cc2s1. The van der Waals surface area contributed by atoms with Gasteiger partial charge in [-0.1, -0.05) is 53.3 Å². The summed E-state index contributed by atoms with van der Waals surface area (Å²) in [7, 11) is 1.58. The van der Waals surface area contributed by atoms with Crippen LogP contribution in [0.15, 0.2) is 72.9 Å². The van der Waals surface area contributed by atoms with Crippen LogP contribution < -0.4 is 9.64 Å². The summed E-state index contributed by atoms with van der Waals surface area (Å²) in [5, 5.41) is 3.20. The van der Waals surface area contributed by atoms with Crippen molar-refractivity contribution in [2.75, 3.05) is 12.0 Å². The topological polar surface area (TPSA) is 55.3 Å². The minimum absolute atomic E-state index is 0.203. The van der Waals surface area contributed by atoms with Crippen molar-refractivity contribution in [3.63, 3.8) is 0 Å². The molecule has 0 unspecified atom stereocenters. The number of aryl methyl sites for hydroxylation is 1. The number of amides is 1. The molecule has 0 saturated carbocycles. The third-order valence-corrected chi connectivity index (χ3v) is 6.70. The minimum Gasteiger partial charge on any atom is -0.496 e. The van der Waals surface area contributed by atoms with E-state index in [1.54, 1.807) is 18.2 Å². The first kappa shape index (κ1) is 21.4. The first-order valence-corrected chi connectivity index (χ1v) is 11.6. The second-order valence-electron chi connectivity index (χ2n) is 7.68. The molecule has 0 fully saturated rings. The number of benzene rings is 3. The Morgan fingerprint density at radius 2 is 1.82 bits per heavy atom. The fourth-order valence-electron chi connectivity index (χ4n) is 3.84. The van der Waals surface area contributed by atoms with E-state index >= 15 is 0 Å². The van der Waals surface area contributed by atoms with Crippen LogP contribution in [-0.4, -0.2) is 23.0 Å². The average Bonchev–Trinajstić information content (AvgIpc) is 3.26. The Labute approximate surface area is 200 Å². The number of aromatic nitrogens is 2. The fourth-order valence-corrected chi connectivity index (χ4v) is 5.26. The number of pyridine rings is 1. The van der Waals surface area contributed by atoms with Gasteiger partial charge in [-0.25, -0.2) is 4.98 Å². The van der Waals surface area contributed by atoms with Crippen molar-refractivity contribution in [2.24, 2.45) is 0 Å². The molecule has 0 atom stereocenters. The lowest BCUT2D eigenvalue weighted by Gasteiger charge is -2.21. The lowest BCUT2D eigenvalue weighted by atomic mass is 10.0. The van der Waals surface area contributed by atoms with Gasteiger partial charge in [0.2, 0.25) is 0 Å². The molecule has 0 aliphatic carbocycles. The lowest BCUT2D eigenvalue weighted by molar-refractivity contribution is 0.0982. The third kappa shape index (κ3) is 4.15. The molecule has 5 aromatic rings. The highest BCUT2D eigenvalue weighted by atomic mass is 35.5. The molecule has 164 valence electrons. The highest BCUT2D eigenvalue weighted by Crippen LogP contribution is 2.35. The third-order valence-electron chi connectivity index (χ3n) is 5.46. The summed E-state index contributed by atoms with van der Waals surface area (Å²) >= 11 is 7.70. The van der Waals surface area contributed by atoms with E-state index in [4.69, 9.17) is 21.3 Å². The van der Waals surface area contributed by atoms with Gasteiger partial charge in [-0.3, -0.25) is 14.7 Å². The molecule has 0 aliphatic heterocycles. The van der Waals surface area contributed by atoms with Crippen LogP contribution in [-0.2, 0) is 6.54 Å². The summed E-state index contributed by atoms with van der Waals surface area (Å²) in [4.78, 5) is 24.9. The number of ether oxygens (including phenoxy) is 1. The van der Waals surface area contributed by atoms with Crippen LogP contribution >= 0.6 is 22.9 Å². The molecule has 5 rings (SSSR count). The van der Waals surface area contributed by atoms with Crippen molar-refractivity contribution in [1.29, 1.82) is 0 Å². The van der Waals surface area contributed by atoms with Crippen LogP contribution in [0.4, 0.5) is 5.13 Å². The van der Waals surface area contributed by atoms with Crippen LogP contribution in [0.3, 0.4) is 0 Å². The van der Waals surface area contributed by atoms with Gasteiger partial charge in [0.1, 0.15) is 5.75 Å². The molecule has 2 heterocycles. The van der Waals surface area contributed by atoms with Crippen molar-refractivity contribution >= 4 is 55.0 Å². The van der Waals surface area contributed by atoms with E-state index in [9.17, 15) is 4.79 Å². The van der Waals surface area contributed by atoms with E-state index in [0.717, 1.165) is 32.2 Å². The highest BCUT2D eigenvalue weighted by Gasteiger charge is 2.25. The molecule has 0 spiro atoms. The van der Waals surface area contributed by atoms with Gasteiger partial charge in [0.25, 0.3) is 5.91 Å². The van der Waals surface area contributed by atoms with Crippen molar-refractivity contribution in [3.8, 4) is 5.75 Å². The van der Waals surface area contributed by atoms with Gasteiger partial charge in [0.05, 0.1) is 35.1 Å². The van der Waals surface area contributed by atoms with Crippen LogP contribution in [0, 0.1) is 6.92 Å².